The van der Waals surface area contributed by atoms with E-state index in [1.807, 2.05) is 22.9 Å². The number of phenolic OH excluding ortho intramolecular Hbond substituents is 1. The van der Waals surface area contributed by atoms with Crippen LogP contribution in [0.5, 0.6) is 5.75 Å². The number of hydrogen-bond acceptors (Lipinski definition) is 6. The topological polar surface area (TPSA) is 86.5 Å². The molecule has 1 saturated heterocycles. The zero-order valence-corrected chi connectivity index (χ0v) is 14.2. The maximum Gasteiger partial charge on any atom is 0.147 e. The number of nitrogens with one attached hydrogen (secondary N) is 3. The monoisotopic (exact) mass is 348 g/mol. The number of benzene rings is 1. The number of amidine groups is 1. The van der Waals surface area contributed by atoms with Crippen LogP contribution in [-0.4, -0.2) is 33.6 Å². The molecule has 7 heteroatoms. The number of phenols is 1. The molecule has 4 N–H and O–H groups in total. The van der Waals surface area contributed by atoms with Gasteiger partial charge < -0.3 is 15.0 Å². The van der Waals surface area contributed by atoms with Gasteiger partial charge in [-0.1, -0.05) is 6.58 Å². The fourth-order valence-corrected chi connectivity index (χ4v) is 4.03. The number of fused-ring (bicyclic) bond motifs is 1. The molecule has 132 valence electrons. The van der Waals surface area contributed by atoms with Crippen LogP contribution in [-0.2, 0) is 0 Å². The Morgan fingerprint density at radius 1 is 1.23 bits per heavy atom. The molecule has 0 spiro atoms. The highest BCUT2D eigenvalue weighted by molar-refractivity contribution is 6.00. The van der Waals surface area contributed by atoms with E-state index in [1.54, 1.807) is 24.8 Å². The van der Waals surface area contributed by atoms with Crippen molar-refractivity contribution in [3.63, 3.8) is 0 Å². The number of rotatable bonds is 4. The fourth-order valence-electron chi connectivity index (χ4n) is 4.03. The van der Waals surface area contributed by atoms with Crippen molar-refractivity contribution in [2.45, 2.75) is 0 Å². The van der Waals surface area contributed by atoms with Gasteiger partial charge in [-0.3, -0.25) is 10.9 Å². The van der Waals surface area contributed by atoms with Gasteiger partial charge >= 0.3 is 0 Å². The quantitative estimate of drug-likeness (QED) is 0.671. The smallest absolute Gasteiger partial charge is 0.147 e. The molecule has 1 aliphatic carbocycles. The molecule has 1 saturated carbocycles. The minimum absolute atomic E-state index is 0.178. The maximum atomic E-state index is 10.4. The summed E-state index contributed by atoms with van der Waals surface area (Å²) in [4.78, 5) is 8.55. The summed E-state index contributed by atoms with van der Waals surface area (Å²) >= 11 is 0. The molecule has 0 bridgehead atoms. The molecule has 3 aliphatic rings. The van der Waals surface area contributed by atoms with Gasteiger partial charge in [0.2, 0.25) is 0 Å². The number of hydrazine groups is 1. The van der Waals surface area contributed by atoms with Gasteiger partial charge in [-0.05, 0) is 48.5 Å². The summed E-state index contributed by atoms with van der Waals surface area (Å²) < 4.78 is 1.84. The summed E-state index contributed by atoms with van der Waals surface area (Å²) in [6, 6.07) is 5.49. The lowest BCUT2D eigenvalue weighted by Crippen LogP contribution is -2.40. The Morgan fingerprint density at radius 2 is 2.08 bits per heavy atom. The molecular formula is C19H20N6O. The van der Waals surface area contributed by atoms with Gasteiger partial charge in [-0.15, -0.1) is 0 Å². The SMILES string of the molecule is C=C(C1=NC=C(c2ccc(-n3ccnc3)cc2O)NN1)C1[C@H]2CNC[C@@H]12. The van der Waals surface area contributed by atoms with Crippen LogP contribution in [0.3, 0.4) is 0 Å². The maximum absolute atomic E-state index is 10.4. The summed E-state index contributed by atoms with van der Waals surface area (Å²) in [7, 11) is 0. The number of aliphatic imine (C=N–C) groups is 1. The Kier molecular flexibility index (Phi) is 3.36. The van der Waals surface area contributed by atoms with Gasteiger partial charge in [0.1, 0.15) is 11.6 Å². The predicted octanol–water partition coefficient (Wildman–Crippen LogP) is 1.40. The van der Waals surface area contributed by atoms with Gasteiger partial charge in [0.15, 0.2) is 0 Å². The van der Waals surface area contributed by atoms with Crippen LogP contribution in [0.1, 0.15) is 5.56 Å². The van der Waals surface area contributed by atoms with E-state index in [-0.39, 0.29) is 5.75 Å². The van der Waals surface area contributed by atoms with E-state index in [0.29, 0.717) is 29.0 Å². The summed E-state index contributed by atoms with van der Waals surface area (Å²) in [5.74, 6) is 2.90. The van der Waals surface area contributed by atoms with Crippen LogP contribution < -0.4 is 16.2 Å². The number of aromatic nitrogens is 2. The van der Waals surface area contributed by atoms with Crippen LogP contribution in [0.15, 0.2) is 60.3 Å². The molecule has 1 unspecified atom stereocenters. The van der Waals surface area contributed by atoms with Crippen LogP contribution in [0, 0.1) is 17.8 Å². The van der Waals surface area contributed by atoms with Crippen LogP contribution in [0.2, 0.25) is 0 Å². The van der Waals surface area contributed by atoms with Gasteiger partial charge in [0.05, 0.1) is 23.9 Å². The van der Waals surface area contributed by atoms with E-state index in [9.17, 15) is 5.11 Å². The first-order valence-electron chi connectivity index (χ1n) is 8.74. The van der Waals surface area contributed by atoms with Crippen molar-refractivity contribution in [1.29, 1.82) is 0 Å². The summed E-state index contributed by atoms with van der Waals surface area (Å²) in [6.45, 7) is 6.38. The van der Waals surface area contributed by atoms with Crippen LogP contribution >= 0.6 is 0 Å². The van der Waals surface area contributed by atoms with E-state index in [1.165, 1.54) is 0 Å². The molecule has 2 fully saturated rings. The first-order chi connectivity index (χ1) is 12.7. The first kappa shape index (κ1) is 15.2. The van der Waals surface area contributed by atoms with Gasteiger partial charge in [0.25, 0.3) is 0 Å². The molecule has 1 aromatic carbocycles. The number of imidazole rings is 1. The summed E-state index contributed by atoms with van der Waals surface area (Å²) in [5.41, 5.74) is 9.57. The van der Waals surface area contributed by atoms with Crippen molar-refractivity contribution < 1.29 is 5.11 Å². The van der Waals surface area contributed by atoms with Gasteiger partial charge in [-0.25, -0.2) is 9.98 Å². The van der Waals surface area contributed by atoms with Gasteiger partial charge in [0, 0.05) is 24.0 Å². The molecule has 2 aromatic rings. The Hall–Kier alpha value is -3.06. The van der Waals surface area contributed by atoms with Crippen molar-refractivity contribution >= 4 is 11.5 Å². The average molecular weight is 348 g/mol. The van der Waals surface area contributed by atoms with E-state index in [4.69, 9.17) is 0 Å². The van der Waals surface area contributed by atoms with Crippen molar-refractivity contribution in [3.8, 4) is 11.4 Å². The van der Waals surface area contributed by atoms with E-state index in [2.05, 4.69) is 32.7 Å². The normalized spacial score (nSPS) is 26.2. The van der Waals surface area contributed by atoms with Crippen LogP contribution in [0.25, 0.3) is 11.4 Å². The van der Waals surface area contributed by atoms with Crippen molar-refractivity contribution in [3.05, 3.63) is 60.8 Å². The second-order valence-corrected chi connectivity index (χ2v) is 6.98. The zero-order valence-electron chi connectivity index (χ0n) is 14.2. The fraction of sp³-hybridized carbons (Fsp3) is 0.263. The molecule has 2 aliphatic heterocycles. The standard InChI is InChI=1S/C19H20N6O/c1-11(18-14-7-21-8-15(14)18)19-22-9-16(23-24-19)13-3-2-12(6-17(13)26)25-5-4-20-10-25/h2-6,9-10,14-15,18,21,23,26H,1,7-8H2,(H,22,24)/t14-,15+,18?. The second-order valence-electron chi connectivity index (χ2n) is 6.98. The minimum Gasteiger partial charge on any atom is -0.507 e. The number of aromatic hydroxyl groups is 1. The molecule has 3 heterocycles. The third-order valence-electron chi connectivity index (χ3n) is 5.51. The Labute approximate surface area is 151 Å². The molecule has 7 nitrogen and oxygen atoms in total. The zero-order chi connectivity index (χ0) is 17.7. The van der Waals surface area contributed by atoms with Crippen molar-refractivity contribution in [2.24, 2.45) is 22.7 Å². The minimum atomic E-state index is 0.178. The number of piperidine rings is 1. The lowest BCUT2D eigenvalue weighted by Gasteiger charge is -2.21. The first-order valence-corrected chi connectivity index (χ1v) is 8.74. The van der Waals surface area contributed by atoms with Crippen molar-refractivity contribution in [2.75, 3.05) is 13.1 Å². The number of hydrogen-bond donors (Lipinski definition) is 4. The van der Waals surface area contributed by atoms with Crippen molar-refractivity contribution in [1.82, 2.24) is 25.7 Å². The third kappa shape index (κ3) is 2.40. The largest absolute Gasteiger partial charge is 0.507 e. The summed E-state index contributed by atoms with van der Waals surface area (Å²) in [6.07, 6.45) is 6.96. The second kappa shape index (κ2) is 5.74. The molecule has 0 amide bonds. The van der Waals surface area contributed by atoms with E-state index >= 15 is 0 Å². The number of nitrogens with zero attached hydrogens (tertiary/aromatic N) is 3. The summed E-state index contributed by atoms with van der Waals surface area (Å²) in [5, 5.41) is 13.8. The highest BCUT2D eigenvalue weighted by Crippen LogP contribution is 2.52. The van der Waals surface area contributed by atoms with E-state index in [0.717, 1.165) is 30.2 Å². The lowest BCUT2D eigenvalue weighted by molar-refractivity contribution is 0.472. The Bertz CT molecular complexity index is 920. The molecule has 26 heavy (non-hydrogen) atoms. The lowest BCUT2D eigenvalue weighted by atomic mass is 10.1. The van der Waals surface area contributed by atoms with E-state index < -0.39 is 0 Å². The highest BCUT2D eigenvalue weighted by Gasteiger charge is 2.54. The molecule has 1 aromatic heterocycles. The predicted molar refractivity (Wildman–Crippen MR) is 99.4 cm³/mol. The van der Waals surface area contributed by atoms with Crippen LogP contribution in [0.4, 0.5) is 0 Å². The third-order valence-corrected chi connectivity index (χ3v) is 5.51. The van der Waals surface area contributed by atoms with Gasteiger partial charge in [-0.2, -0.15) is 0 Å². The highest BCUT2D eigenvalue weighted by atomic mass is 16.3. The molecule has 0 radical (unpaired) electrons. The molecule has 5 rings (SSSR count). The molecule has 3 atom stereocenters. The Balaban J connectivity index is 1.36. The average Bonchev–Trinajstić information content (AvgIpc) is 3.07. The Morgan fingerprint density at radius 3 is 2.73 bits per heavy atom. The molecular weight excluding hydrogens is 328 g/mol.